The fourth-order valence-electron chi connectivity index (χ4n) is 3.40. The van der Waals surface area contributed by atoms with E-state index >= 15 is 0 Å². The van der Waals surface area contributed by atoms with E-state index in [1.165, 1.54) is 10.6 Å². The molecule has 28 heavy (non-hydrogen) atoms. The number of carbonyl (C=O) groups is 1. The molecule has 0 spiro atoms. The molecule has 1 aromatic carbocycles. The number of hydrogen-bond acceptors (Lipinski definition) is 5. The van der Waals surface area contributed by atoms with Crippen molar-refractivity contribution < 1.29 is 13.2 Å². The fourth-order valence-corrected chi connectivity index (χ4v) is 4.31. The smallest absolute Gasteiger partial charge is 0.239 e. The number of aromatic nitrogens is 1. The second-order valence-electron chi connectivity index (χ2n) is 7.08. The molecule has 1 saturated heterocycles. The van der Waals surface area contributed by atoms with Crippen LogP contribution in [0.3, 0.4) is 0 Å². The molecule has 2 heterocycles. The maximum absolute atomic E-state index is 12.7. The summed E-state index contributed by atoms with van der Waals surface area (Å²) in [5.41, 5.74) is 1.96. The molecule has 1 fully saturated rings. The fraction of sp³-hybridized carbons (Fsp3) is 0.400. The third-order valence-electron chi connectivity index (χ3n) is 4.77. The van der Waals surface area contributed by atoms with Crippen LogP contribution in [0.4, 0.5) is 5.69 Å². The Bertz CT molecular complexity index is 875. The molecule has 1 aliphatic heterocycles. The van der Waals surface area contributed by atoms with Gasteiger partial charge in [-0.1, -0.05) is 24.3 Å². The number of para-hydroxylation sites is 1. The third kappa shape index (κ3) is 5.77. The Balaban J connectivity index is 1.66. The van der Waals surface area contributed by atoms with Gasteiger partial charge in [-0.3, -0.25) is 9.78 Å². The van der Waals surface area contributed by atoms with Gasteiger partial charge >= 0.3 is 0 Å². The lowest BCUT2D eigenvalue weighted by molar-refractivity contribution is -0.120. The van der Waals surface area contributed by atoms with Crippen molar-refractivity contribution >= 4 is 21.6 Å². The van der Waals surface area contributed by atoms with Crippen LogP contribution in [-0.4, -0.2) is 55.5 Å². The second-order valence-corrected chi connectivity index (χ2v) is 9.06. The Morgan fingerprint density at radius 3 is 2.71 bits per heavy atom. The van der Waals surface area contributed by atoms with Crippen LogP contribution in [0.1, 0.15) is 18.4 Å². The Morgan fingerprint density at radius 2 is 2.04 bits per heavy atom. The molecule has 8 heteroatoms. The van der Waals surface area contributed by atoms with E-state index in [4.69, 9.17) is 0 Å². The summed E-state index contributed by atoms with van der Waals surface area (Å²) in [5, 5.41) is 3.00. The van der Waals surface area contributed by atoms with Crippen LogP contribution < -0.4 is 10.2 Å². The number of hydrogen-bond donors (Lipinski definition) is 1. The summed E-state index contributed by atoms with van der Waals surface area (Å²) < 4.78 is 25.0. The zero-order valence-corrected chi connectivity index (χ0v) is 16.8. The van der Waals surface area contributed by atoms with Crippen molar-refractivity contribution in [2.75, 3.05) is 30.8 Å². The Hall–Kier alpha value is -2.45. The number of anilines is 1. The van der Waals surface area contributed by atoms with E-state index in [1.807, 2.05) is 47.4 Å². The molecule has 2 aromatic rings. The number of nitrogens with zero attached hydrogens (tertiary/aromatic N) is 3. The van der Waals surface area contributed by atoms with Gasteiger partial charge < -0.3 is 10.2 Å². The van der Waals surface area contributed by atoms with Gasteiger partial charge in [0.05, 0.1) is 12.8 Å². The van der Waals surface area contributed by atoms with Crippen molar-refractivity contribution in [3.8, 4) is 0 Å². The first kappa shape index (κ1) is 20.3. The molecule has 0 bridgehead atoms. The summed E-state index contributed by atoms with van der Waals surface area (Å²) in [5.74, 6) is -0.118. The molecule has 0 saturated carbocycles. The second kappa shape index (κ2) is 9.16. The molecule has 1 aromatic heterocycles. The number of pyridine rings is 1. The lowest BCUT2D eigenvalue weighted by Crippen LogP contribution is -2.51. The highest BCUT2D eigenvalue weighted by molar-refractivity contribution is 7.88. The van der Waals surface area contributed by atoms with Gasteiger partial charge in [0.1, 0.15) is 0 Å². The summed E-state index contributed by atoms with van der Waals surface area (Å²) in [7, 11) is -3.24. The third-order valence-corrected chi connectivity index (χ3v) is 6.04. The maximum Gasteiger partial charge on any atom is 0.239 e. The molecule has 150 valence electrons. The van der Waals surface area contributed by atoms with E-state index in [9.17, 15) is 13.2 Å². The van der Waals surface area contributed by atoms with E-state index in [0.29, 0.717) is 19.6 Å². The SMILES string of the molecule is CS(=O)(=O)N1CCCC(NC(=O)CN(Cc2cccnc2)c2ccccc2)C1. The minimum atomic E-state index is -3.24. The first-order valence-electron chi connectivity index (χ1n) is 9.35. The first-order valence-corrected chi connectivity index (χ1v) is 11.2. The Labute approximate surface area is 166 Å². The molecule has 3 rings (SSSR count). The van der Waals surface area contributed by atoms with Gasteiger partial charge in [0.2, 0.25) is 15.9 Å². The summed E-state index contributed by atoms with van der Waals surface area (Å²) >= 11 is 0. The largest absolute Gasteiger partial charge is 0.358 e. The van der Waals surface area contributed by atoms with E-state index in [2.05, 4.69) is 10.3 Å². The van der Waals surface area contributed by atoms with Crippen molar-refractivity contribution in [2.24, 2.45) is 0 Å². The van der Waals surface area contributed by atoms with Crippen LogP contribution in [0.2, 0.25) is 0 Å². The van der Waals surface area contributed by atoms with Gasteiger partial charge in [0, 0.05) is 43.8 Å². The number of benzene rings is 1. The highest BCUT2D eigenvalue weighted by Gasteiger charge is 2.27. The molecule has 1 aliphatic rings. The zero-order chi connectivity index (χ0) is 20.0. The average Bonchev–Trinajstić information content (AvgIpc) is 2.68. The molecular weight excluding hydrogens is 376 g/mol. The van der Waals surface area contributed by atoms with E-state index < -0.39 is 10.0 Å². The zero-order valence-electron chi connectivity index (χ0n) is 16.0. The van der Waals surface area contributed by atoms with Gasteiger partial charge in [0.25, 0.3) is 0 Å². The summed E-state index contributed by atoms with van der Waals surface area (Å²) in [6, 6.07) is 13.4. The monoisotopic (exact) mass is 402 g/mol. The lowest BCUT2D eigenvalue weighted by atomic mass is 10.1. The van der Waals surface area contributed by atoms with Crippen molar-refractivity contribution in [3.63, 3.8) is 0 Å². The van der Waals surface area contributed by atoms with Crippen molar-refractivity contribution in [1.29, 1.82) is 0 Å². The molecule has 1 N–H and O–H groups in total. The maximum atomic E-state index is 12.7. The summed E-state index contributed by atoms with van der Waals surface area (Å²) in [4.78, 5) is 18.8. The highest BCUT2D eigenvalue weighted by atomic mass is 32.2. The van der Waals surface area contributed by atoms with Crippen molar-refractivity contribution in [3.05, 3.63) is 60.4 Å². The van der Waals surface area contributed by atoms with Crippen LogP contribution >= 0.6 is 0 Å². The van der Waals surface area contributed by atoms with E-state index in [-0.39, 0.29) is 18.5 Å². The number of sulfonamides is 1. The molecule has 1 atom stereocenters. The number of carbonyl (C=O) groups excluding carboxylic acids is 1. The first-order chi connectivity index (χ1) is 13.4. The predicted octanol–water partition coefficient (Wildman–Crippen LogP) is 1.63. The quantitative estimate of drug-likeness (QED) is 0.761. The Kier molecular flexibility index (Phi) is 6.64. The summed E-state index contributed by atoms with van der Waals surface area (Å²) in [6.45, 7) is 1.60. The molecule has 1 amide bonds. The minimum absolute atomic E-state index is 0.118. The van der Waals surface area contributed by atoms with E-state index in [0.717, 1.165) is 24.1 Å². The lowest BCUT2D eigenvalue weighted by Gasteiger charge is -2.32. The van der Waals surface area contributed by atoms with Gasteiger partial charge in [-0.15, -0.1) is 0 Å². The number of piperidine rings is 1. The van der Waals surface area contributed by atoms with Gasteiger partial charge in [-0.05, 0) is 36.6 Å². The van der Waals surface area contributed by atoms with Crippen molar-refractivity contribution in [2.45, 2.75) is 25.4 Å². The predicted molar refractivity (Wildman–Crippen MR) is 109 cm³/mol. The van der Waals surface area contributed by atoms with Crippen LogP contribution in [0.15, 0.2) is 54.9 Å². The normalized spacial score (nSPS) is 17.8. The minimum Gasteiger partial charge on any atom is -0.358 e. The van der Waals surface area contributed by atoms with Gasteiger partial charge in [-0.25, -0.2) is 12.7 Å². The highest BCUT2D eigenvalue weighted by Crippen LogP contribution is 2.17. The van der Waals surface area contributed by atoms with Gasteiger partial charge in [0.15, 0.2) is 0 Å². The van der Waals surface area contributed by atoms with Crippen LogP contribution in [0, 0.1) is 0 Å². The van der Waals surface area contributed by atoms with Crippen LogP contribution in [0.25, 0.3) is 0 Å². The molecule has 0 radical (unpaired) electrons. The molecule has 0 aliphatic carbocycles. The molecule has 7 nitrogen and oxygen atoms in total. The number of amides is 1. The molecule has 1 unspecified atom stereocenters. The molecular formula is C20H26N4O3S. The van der Waals surface area contributed by atoms with E-state index in [1.54, 1.807) is 12.4 Å². The number of nitrogens with one attached hydrogen (secondary N) is 1. The summed E-state index contributed by atoms with van der Waals surface area (Å²) in [6.07, 6.45) is 6.25. The number of rotatable bonds is 7. The standard InChI is InChI=1S/C20H26N4O3S/c1-28(26,27)24-12-6-8-18(15-24)22-20(25)16-23(19-9-3-2-4-10-19)14-17-7-5-11-21-13-17/h2-5,7,9-11,13,18H,6,8,12,14-16H2,1H3,(H,22,25). The van der Waals surface area contributed by atoms with Crippen molar-refractivity contribution in [1.82, 2.24) is 14.6 Å². The van der Waals surface area contributed by atoms with Crippen LogP contribution in [0.5, 0.6) is 0 Å². The topological polar surface area (TPSA) is 82.6 Å². The average molecular weight is 403 g/mol. The van der Waals surface area contributed by atoms with Gasteiger partial charge in [-0.2, -0.15) is 0 Å². The van der Waals surface area contributed by atoms with Crippen LogP contribution in [-0.2, 0) is 21.4 Å². The Morgan fingerprint density at radius 1 is 1.25 bits per heavy atom.